The lowest BCUT2D eigenvalue weighted by molar-refractivity contribution is 0.122. The van der Waals surface area contributed by atoms with Gasteiger partial charge in [0.2, 0.25) is 0 Å². The van der Waals surface area contributed by atoms with Crippen molar-refractivity contribution in [2.24, 2.45) is 0 Å². The van der Waals surface area contributed by atoms with E-state index in [1.165, 1.54) is 76.4 Å². The Morgan fingerprint density at radius 1 is 0.704 bits per heavy atom. The van der Waals surface area contributed by atoms with Crippen LogP contribution in [-0.2, 0) is 20.3 Å². The van der Waals surface area contributed by atoms with Crippen molar-refractivity contribution >= 4 is 51.7 Å². The van der Waals surface area contributed by atoms with Crippen LogP contribution in [0.5, 0.6) is 0 Å². The molecule has 8 rings (SSSR count). The van der Waals surface area contributed by atoms with Gasteiger partial charge in [0.15, 0.2) is 0 Å². The van der Waals surface area contributed by atoms with Crippen molar-refractivity contribution in [2.75, 3.05) is 74.9 Å². The van der Waals surface area contributed by atoms with E-state index in [9.17, 15) is 0 Å². The van der Waals surface area contributed by atoms with Crippen molar-refractivity contribution in [1.82, 2.24) is 0 Å². The van der Waals surface area contributed by atoms with Gasteiger partial charge in [0.1, 0.15) is 0 Å². The molecular weight excluding hydrogens is 701 g/mol. The molecule has 5 aromatic rings. The summed E-state index contributed by atoms with van der Waals surface area (Å²) in [6, 6.07) is 32.9. The fraction of sp³-hybridized carbons (Fsp3) is 0.375. The molecule has 280 valence electrons. The normalized spacial score (nSPS) is 17.0. The number of allylic oxidation sites excluding steroid dienone is 1. The number of anilines is 2. The molecule has 0 aromatic heterocycles. The van der Waals surface area contributed by atoms with E-state index in [0.29, 0.717) is 0 Å². The molecule has 4 nitrogen and oxygen atoms in total. The Bertz CT molecular complexity index is 2100. The Hall–Kier alpha value is -3.68. The minimum atomic E-state index is -0.374. The summed E-state index contributed by atoms with van der Waals surface area (Å²) in [5.41, 5.74) is 13.3. The van der Waals surface area contributed by atoms with Gasteiger partial charge >= 0.3 is 0 Å². The lowest BCUT2D eigenvalue weighted by Gasteiger charge is -2.33. The van der Waals surface area contributed by atoms with Crippen LogP contribution >= 0.6 is 23.5 Å². The molecule has 0 bridgehead atoms. The Kier molecular flexibility index (Phi) is 10.7. The van der Waals surface area contributed by atoms with E-state index in [1.54, 1.807) is 0 Å². The SMILES string of the molecule is CCC1(CC)c2ccccc2-c2c1c(/C=C\C(C)(c1ccc(N3CCOCC3)cc1)c1ccc(N3CCOCC3)cc1)c(C)c1cc(SC)c(SC)cc21. The highest BCUT2D eigenvalue weighted by atomic mass is 32.2. The molecule has 5 aromatic carbocycles. The molecule has 6 heteroatoms. The highest BCUT2D eigenvalue weighted by molar-refractivity contribution is 8.01. The van der Waals surface area contributed by atoms with Gasteiger partial charge in [0.05, 0.1) is 26.4 Å². The third-order valence-electron chi connectivity index (χ3n) is 12.8. The average molecular weight is 755 g/mol. The first-order valence-electron chi connectivity index (χ1n) is 19.7. The predicted molar refractivity (Wildman–Crippen MR) is 233 cm³/mol. The molecule has 0 spiro atoms. The van der Waals surface area contributed by atoms with Crippen LogP contribution in [0, 0.1) is 6.92 Å². The third-order valence-corrected chi connectivity index (χ3v) is 14.5. The lowest BCUT2D eigenvalue weighted by atomic mass is 9.70. The van der Waals surface area contributed by atoms with Crippen LogP contribution in [0.2, 0.25) is 0 Å². The number of morpholine rings is 2. The van der Waals surface area contributed by atoms with Gasteiger partial charge in [-0.15, -0.1) is 23.5 Å². The molecule has 2 heterocycles. The first kappa shape index (κ1) is 37.3. The molecular formula is C48H54N2O2S2. The highest BCUT2D eigenvalue weighted by Crippen LogP contribution is 2.58. The topological polar surface area (TPSA) is 24.9 Å². The van der Waals surface area contributed by atoms with Crippen molar-refractivity contribution < 1.29 is 9.47 Å². The highest BCUT2D eigenvalue weighted by Gasteiger charge is 2.43. The van der Waals surface area contributed by atoms with E-state index in [2.05, 4.69) is 147 Å². The second kappa shape index (κ2) is 15.5. The van der Waals surface area contributed by atoms with Crippen LogP contribution in [0.4, 0.5) is 11.4 Å². The van der Waals surface area contributed by atoms with E-state index in [0.717, 1.165) is 65.4 Å². The fourth-order valence-electron chi connectivity index (χ4n) is 9.51. The standard InChI is InChI=1S/C48H54N2O2S2/c1-7-48(8-2)42-12-10-9-11-39(42)45-41-32-44(54-6)43(53-5)31-40(41)33(3)38(46(45)48)21-22-47(4,34-13-17-36(18-14-34)49-23-27-51-28-24-49)35-15-19-37(20-16-35)50-25-29-52-30-26-50/h9-22,31-32H,7-8,23-30H2,1-6H3/b22-21-. The zero-order valence-corrected chi connectivity index (χ0v) is 34.5. The van der Waals surface area contributed by atoms with Crippen molar-refractivity contribution in [3.8, 4) is 11.1 Å². The van der Waals surface area contributed by atoms with Crippen LogP contribution in [0.3, 0.4) is 0 Å². The zero-order chi connectivity index (χ0) is 37.5. The molecule has 54 heavy (non-hydrogen) atoms. The second-order valence-electron chi connectivity index (χ2n) is 15.2. The number of ether oxygens (including phenoxy) is 2. The van der Waals surface area contributed by atoms with Gasteiger partial charge in [-0.05, 0) is 131 Å². The van der Waals surface area contributed by atoms with Gasteiger partial charge < -0.3 is 19.3 Å². The van der Waals surface area contributed by atoms with E-state index in [4.69, 9.17) is 9.47 Å². The summed E-state index contributed by atoms with van der Waals surface area (Å²) < 4.78 is 11.3. The quantitative estimate of drug-likeness (QED) is 0.132. The summed E-state index contributed by atoms with van der Waals surface area (Å²) in [6.07, 6.45) is 11.6. The Morgan fingerprint density at radius 3 is 1.70 bits per heavy atom. The van der Waals surface area contributed by atoms with E-state index < -0.39 is 0 Å². The number of aryl methyl sites for hydroxylation is 1. The van der Waals surface area contributed by atoms with Gasteiger partial charge in [0, 0.05) is 58.2 Å². The summed E-state index contributed by atoms with van der Waals surface area (Å²) in [4.78, 5) is 7.59. The Labute approximate surface area is 331 Å². The molecule has 3 aliphatic rings. The van der Waals surface area contributed by atoms with Crippen LogP contribution in [-0.4, -0.2) is 65.1 Å². The van der Waals surface area contributed by atoms with E-state index in [1.807, 2.05) is 23.5 Å². The maximum Gasteiger partial charge on any atom is 0.0642 e. The molecule has 2 fully saturated rings. The summed E-state index contributed by atoms with van der Waals surface area (Å²) in [5.74, 6) is 0. The van der Waals surface area contributed by atoms with Crippen LogP contribution < -0.4 is 9.80 Å². The van der Waals surface area contributed by atoms with Crippen LogP contribution in [0.1, 0.15) is 67.0 Å². The smallest absolute Gasteiger partial charge is 0.0642 e. The van der Waals surface area contributed by atoms with Crippen molar-refractivity contribution in [3.05, 3.63) is 124 Å². The van der Waals surface area contributed by atoms with Crippen molar-refractivity contribution in [1.29, 1.82) is 0 Å². The molecule has 0 unspecified atom stereocenters. The molecule has 0 atom stereocenters. The first-order valence-corrected chi connectivity index (χ1v) is 22.2. The molecule has 2 saturated heterocycles. The fourth-order valence-corrected chi connectivity index (χ4v) is 11.0. The van der Waals surface area contributed by atoms with Crippen LogP contribution in [0.15, 0.2) is 101 Å². The number of thioether (sulfide) groups is 2. The maximum atomic E-state index is 5.66. The van der Waals surface area contributed by atoms with Gasteiger partial charge in [-0.2, -0.15) is 0 Å². The number of fused-ring (bicyclic) bond motifs is 5. The second-order valence-corrected chi connectivity index (χ2v) is 16.9. The molecule has 2 aliphatic heterocycles. The third kappa shape index (κ3) is 6.27. The van der Waals surface area contributed by atoms with Gasteiger partial charge in [-0.3, -0.25) is 0 Å². The number of hydrogen-bond acceptors (Lipinski definition) is 6. The number of rotatable bonds is 10. The largest absolute Gasteiger partial charge is 0.378 e. The van der Waals surface area contributed by atoms with Crippen LogP contribution in [0.25, 0.3) is 28.0 Å². The van der Waals surface area contributed by atoms with Gasteiger partial charge in [0.25, 0.3) is 0 Å². The van der Waals surface area contributed by atoms with Crippen molar-refractivity contribution in [3.63, 3.8) is 0 Å². The summed E-state index contributed by atoms with van der Waals surface area (Å²) in [6.45, 7) is 16.4. The number of benzene rings is 5. The Morgan fingerprint density at radius 2 is 1.20 bits per heavy atom. The minimum Gasteiger partial charge on any atom is -0.378 e. The maximum absolute atomic E-state index is 5.66. The monoisotopic (exact) mass is 754 g/mol. The predicted octanol–water partition coefficient (Wildman–Crippen LogP) is 11.4. The molecule has 0 N–H and O–H groups in total. The Balaban J connectivity index is 1.33. The molecule has 1 aliphatic carbocycles. The summed E-state index contributed by atoms with van der Waals surface area (Å²) >= 11 is 3.71. The lowest BCUT2D eigenvalue weighted by Crippen LogP contribution is -2.36. The number of nitrogens with zero attached hydrogens (tertiary/aromatic N) is 2. The zero-order valence-electron chi connectivity index (χ0n) is 32.8. The van der Waals surface area contributed by atoms with E-state index in [-0.39, 0.29) is 10.8 Å². The molecule has 0 radical (unpaired) electrons. The van der Waals surface area contributed by atoms with E-state index >= 15 is 0 Å². The first-order chi connectivity index (χ1) is 26.4. The minimum absolute atomic E-state index is 0.0573. The number of hydrogen-bond donors (Lipinski definition) is 0. The summed E-state index contributed by atoms with van der Waals surface area (Å²) in [7, 11) is 0. The van der Waals surface area contributed by atoms with Crippen molar-refractivity contribution in [2.45, 2.75) is 61.2 Å². The molecule has 0 amide bonds. The summed E-state index contributed by atoms with van der Waals surface area (Å²) in [5, 5.41) is 2.75. The van der Waals surface area contributed by atoms with Gasteiger partial charge in [-0.25, -0.2) is 0 Å². The average Bonchev–Trinajstić information content (AvgIpc) is 3.54. The van der Waals surface area contributed by atoms with Gasteiger partial charge in [-0.1, -0.05) is 74.5 Å². The molecule has 0 saturated carbocycles.